The third-order valence-electron chi connectivity index (χ3n) is 7.57. The summed E-state index contributed by atoms with van der Waals surface area (Å²) in [6.07, 6.45) is 5.41. The molecule has 4 heteroatoms. The number of rotatable bonds is 5. The number of unbranched alkanes of at least 4 members (excludes halogenated alkanes) is 1. The monoisotopic (exact) mass is 352 g/mol. The van der Waals surface area contributed by atoms with Gasteiger partial charge in [0.25, 0.3) is 0 Å². The third-order valence-corrected chi connectivity index (χ3v) is 7.57. The highest BCUT2D eigenvalue weighted by molar-refractivity contribution is 6.07. The number of nitrogens with zero attached hydrogens (tertiary/aromatic N) is 2. The number of aromatic nitrogens is 1. The second kappa shape index (κ2) is 5.77. The van der Waals surface area contributed by atoms with Crippen molar-refractivity contribution >= 4 is 11.8 Å². The Morgan fingerprint density at radius 1 is 1.04 bits per heavy atom. The maximum Gasteiger partial charge on any atom is 0.234 e. The van der Waals surface area contributed by atoms with Gasteiger partial charge < -0.3 is 0 Å². The lowest BCUT2D eigenvalue weighted by Crippen LogP contribution is -2.36. The zero-order valence-electron chi connectivity index (χ0n) is 16.2. The molecule has 2 heterocycles. The SMILES string of the molecule is CC1=C(C)C2(C)CC1(C)C1C(=O)N(CCCCc3ccccn3)C(=O)C12. The first-order valence-electron chi connectivity index (χ1n) is 9.74. The minimum Gasteiger partial charge on any atom is -0.282 e. The fraction of sp³-hybridized carbons (Fsp3) is 0.591. The molecule has 0 radical (unpaired) electrons. The van der Waals surface area contributed by atoms with Gasteiger partial charge in [0, 0.05) is 29.3 Å². The van der Waals surface area contributed by atoms with Gasteiger partial charge in [-0.3, -0.25) is 19.5 Å². The van der Waals surface area contributed by atoms with Crippen molar-refractivity contribution in [3.63, 3.8) is 0 Å². The van der Waals surface area contributed by atoms with Gasteiger partial charge in [0.15, 0.2) is 0 Å². The van der Waals surface area contributed by atoms with Crippen LogP contribution < -0.4 is 0 Å². The number of likely N-dealkylation sites (tertiary alicyclic amines) is 1. The van der Waals surface area contributed by atoms with E-state index >= 15 is 0 Å². The van der Waals surface area contributed by atoms with E-state index in [9.17, 15) is 9.59 Å². The topological polar surface area (TPSA) is 50.3 Å². The van der Waals surface area contributed by atoms with E-state index in [1.165, 1.54) is 11.1 Å². The molecule has 0 spiro atoms. The van der Waals surface area contributed by atoms with E-state index in [1.807, 2.05) is 18.2 Å². The molecule has 2 fully saturated rings. The summed E-state index contributed by atoms with van der Waals surface area (Å²) in [6, 6.07) is 5.93. The van der Waals surface area contributed by atoms with E-state index in [-0.39, 0.29) is 34.5 Å². The van der Waals surface area contributed by atoms with Gasteiger partial charge in [0.05, 0.1) is 11.8 Å². The minimum atomic E-state index is -0.153. The van der Waals surface area contributed by atoms with Crippen molar-refractivity contribution < 1.29 is 9.59 Å². The van der Waals surface area contributed by atoms with Crippen LogP contribution in [0.2, 0.25) is 0 Å². The van der Waals surface area contributed by atoms with Gasteiger partial charge in [-0.25, -0.2) is 0 Å². The average Bonchev–Trinajstić information content (AvgIpc) is 3.10. The second-order valence-corrected chi connectivity index (χ2v) is 8.82. The Morgan fingerprint density at radius 2 is 1.65 bits per heavy atom. The third kappa shape index (κ3) is 2.17. The maximum absolute atomic E-state index is 13.1. The van der Waals surface area contributed by atoms with Crippen LogP contribution in [0.5, 0.6) is 0 Å². The van der Waals surface area contributed by atoms with Crippen LogP contribution in [0, 0.1) is 22.7 Å². The van der Waals surface area contributed by atoms with Gasteiger partial charge in [-0.15, -0.1) is 0 Å². The van der Waals surface area contributed by atoms with Crippen LogP contribution in [0.4, 0.5) is 0 Å². The Bertz CT molecular complexity index is 758. The summed E-state index contributed by atoms with van der Waals surface area (Å²) in [6.45, 7) is 9.24. The number of carbonyl (C=O) groups excluding carboxylic acids is 2. The van der Waals surface area contributed by atoms with E-state index < -0.39 is 0 Å². The summed E-state index contributed by atoms with van der Waals surface area (Å²) in [5.41, 5.74) is 3.45. The zero-order valence-corrected chi connectivity index (χ0v) is 16.2. The Balaban J connectivity index is 1.45. The lowest BCUT2D eigenvalue weighted by molar-refractivity contribution is -0.141. The molecular weight excluding hydrogens is 324 g/mol. The molecule has 138 valence electrons. The highest BCUT2D eigenvalue weighted by Crippen LogP contribution is 2.71. The van der Waals surface area contributed by atoms with Gasteiger partial charge in [-0.05, 0) is 51.7 Å². The van der Waals surface area contributed by atoms with E-state index in [0.717, 1.165) is 31.4 Å². The van der Waals surface area contributed by atoms with Crippen molar-refractivity contribution in [1.82, 2.24) is 9.88 Å². The fourth-order valence-electron chi connectivity index (χ4n) is 5.92. The quantitative estimate of drug-likeness (QED) is 0.460. The van der Waals surface area contributed by atoms with Crippen molar-refractivity contribution in [3.8, 4) is 0 Å². The summed E-state index contributed by atoms with van der Waals surface area (Å²) < 4.78 is 0. The number of imide groups is 1. The van der Waals surface area contributed by atoms with Crippen molar-refractivity contribution in [3.05, 3.63) is 41.2 Å². The van der Waals surface area contributed by atoms with E-state index in [2.05, 4.69) is 32.7 Å². The van der Waals surface area contributed by atoms with Crippen LogP contribution in [0.1, 0.15) is 52.7 Å². The van der Waals surface area contributed by atoms with Crippen molar-refractivity contribution in [2.75, 3.05) is 6.54 Å². The highest BCUT2D eigenvalue weighted by atomic mass is 16.2. The molecule has 26 heavy (non-hydrogen) atoms. The molecule has 4 atom stereocenters. The summed E-state index contributed by atoms with van der Waals surface area (Å²) in [7, 11) is 0. The predicted octanol–water partition coefficient (Wildman–Crippen LogP) is 3.77. The molecule has 2 aliphatic carbocycles. The van der Waals surface area contributed by atoms with E-state index in [0.29, 0.717) is 6.54 Å². The summed E-state index contributed by atoms with van der Waals surface area (Å²) in [5, 5.41) is 0. The van der Waals surface area contributed by atoms with Crippen LogP contribution in [0.3, 0.4) is 0 Å². The number of carbonyl (C=O) groups is 2. The van der Waals surface area contributed by atoms with E-state index in [4.69, 9.17) is 0 Å². The number of hydrogen-bond donors (Lipinski definition) is 0. The molecule has 1 aromatic heterocycles. The molecule has 2 amide bonds. The van der Waals surface area contributed by atoms with Crippen LogP contribution in [0.15, 0.2) is 35.5 Å². The molecule has 0 N–H and O–H groups in total. The van der Waals surface area contributed by atoms with Gasteiger partial charge in [0.2, 0.25) is 11.8 Å². The summed E-state index contributed by atoms with van der Waals surface area (Å²) in [4.78, 5) is 32.1. The number of aryl methyl sites for hydroxylation is 1. The second-order valence-electron chi connectivity index (χ2n) is 8.82. The average molecular weight is 352 g/mol. The molecule has 4 nitrogen and oxygen atoms in total. The largest absolute Gasteiger partial charge is 0.282 e. The molecule has 1 saturated heterocycles. The van der Waals surface area contributed by atoms with Gasteiger partial charge >= 0.3 is 0 Å². The maximum atomic E-state index is 13.1. The lowest BCUT2D eigenvalue weighted by Gasteiger charge is -2.34. The van der Waals surface area contributed by atoms with E-state index in [1.54, 1.807) is 11.1 Å². The van der Waals surface area contributed by atoms with Crippen molar-refractivity contribution in [2.45, 2.75) is 53.4 Å². The number of pyridine rings is 1. The number of fused-ring (bicyclic) bond motifs is 5. The Kier molecular flexibility index (Phi) is 3.87. The molecule has 4 unspecified atom stereocenters. The Labute approximate surface area is 155 Å². The molecular formula is C22H28N2O2. The minimum absolute atomic E-state index is 0.0657. The van der Waals surface area contributed by atoms with Crippen molar-refractivity contribution in [1.29, 1.82) is 0 Å². The Hall–Kier alpha value is -1.97. The van der Waals surface area contributed by atoms with Crippen LogP contribution >= 0.6 is 0 Å². The first-order valence-corrected chi connectivity index (χ1v) is 9.74. The zero-order chi connectivity index (χ0) is 18.7. The fourth-order valence-corrected chi connectivity index (χ4v) is 5.92. The summed E-state index contributed by atoms with van der Waals surface area (Å²) in [5.74, 6) is -0.175. The predicted molar refractivity (Wildman–Crippen MR) is 100 cm³/mol. The molecule has 3 aliphatic rings. The number of hydrogen-bond acceptors (Lipinski definition) is 3. The first kappa shape index (κ1) is 17.4. The van der Waals surface area contributed by atoms with Crippen LogP contribution in [-0.2, 0) is 16.0 Å². The number of allylic oxidation sites excluding steroid dienone is 2. The summed E-state index contributed by atoms with van der Waals surface area (Å²) >= 11 is 0. The number of amides is 2. The smallest absolute Gasteiger partial charge is 0.234 e. The standard InChI is InChI=1S/C22H28N2O2/c1-14-15(2)22(4)13-21(14,3)17-18(22)20(26)24(19(17)25)12-8-6-10-16-9-5-7-11-23-16/h5,7,9,11,17-18H,6,8,10,12-13H2,1-4H3. The van der Waals surface area contributed by atoms with Crippen molar-refractivity contribution in [2.24, 2.45) is 22.7 Å². The molecule has 2 bridgehead atoms. The molecule has 4 rings (SSSR count). The molecule has 1 aliphatic heterocycles. The molecule has 1 saturated carbocycles. The normalized spacial score (nSPS) is 35.6. The van der Waals surface area contributed by atoms with Gasteiger partial charge in [0.1, 0.15) is 0 Å². The molecule has 0 aromatic carbocycles. The van der Waals surface area contributed by atoms with Gasteiger partial charge in [-0.2, -0.15) is 0 Å². The van der Waals surface area contributed by atoms with Crippen LogP contribution in [0.25, 0.3) is 0 Å². The highest BCUT2D eigenvalue weighted by Gasteiger charge is 2.71. The molecule has 1 aromatic rings. The Morgan fingerprint density at radius 3 is 2.19 bits per heavy atom. The van der Waals surface area contributed by atoms with Gasteiger partial charge in [-0.1, -0.05) is 31.1 Å². The van der Waals surface area contributed by atoms with Crippen LogP contribution in [-0.4, -0.2) is 28.2 Å². The lowest BCUT2D eigenvalue weighted by atomic mass is 9.66. The first-order chi connectivity index (χ1) is 12.3.